The van der Waals surface area contributed by atoms with Gasteiger partial charge in [-0.15, -0.1) is 0 Å². The zero-order chi connectivity index (χ0) is 53.9. The number of rotatable bonds is 6. The molecule has 10 aliphatic rings. The number of urea groups is 2. The van der Waals surface area contributed by atoms with E-state index in [4.69, 9.17) is 0 Å². The third-order valence-corrected chi connectivity index (χ3v) is 21.0. The predicted molar refractivity (Wildman–Crippen MR) is 301 cm³/mol. The Hall–Kier alpha value is -5.48. The molecule has 8 heterocycles. The molecule has 4 aromatic rings. The third kappa shape index (κ3) is 9.10. The Bertz CT molecular complexity index is 3110. The Balaban J connectivity index is 0.000000148. The molecule has 0 radical (unpaired) electrons. The minimum Gasteiger partial charge on any atom is -0.323 e. The number of para-hydroxylation sites is 4. The molecule has 8 bridgehead atoms. The fourth-order valence-corrected chi connectivity index (χ4v) is 18.1. The number of hydrogen-bond donors (Lipinski definition) is 2. The predicted octanol–water partition coefficient (Wildman–Crippen LogP) is 10.2. The van der Waals surface area contributed by atoms with Gasteiger partial charge in [-0.3, -0.25) is 29.0 Å². The van der Waals surface area contributed by atoms with E-state index in [1.165, 1.54) is 116 Å². The SMILES string of the molecule is CC1(C)NC(=O)N(c2nc3ccccc3n(C3C[C@H]4CCC[C@@H](C3)N4C3C[C@H]4CCCC[C@@H](C3)C4)c2=O)C1=O.CC1C[C@@H]2CC(N3[C@@H]4CCC[C@H]3CC(n3c(=O)c(N5C(=O)NC(C)(C)C5=O)nc5ccccc53)C4)C[C@H](C1)C2. The van der Waals surface area contributed by atoms with E-state index in [0.717, 1.165) is 76.1 Å². The van der Waals surface area contributed by atoms with E-state index in [2.05, 4.69) is 37.3 Å². The number of nitrogens with zero attached hydrogens (tertiary/aromatic N) is 8. The smallest absolute Gasteiger partial charge is 0.323 e. The monoisotopic (exact) mass is 1060 g/mol. The van der Waals surface area contributed by atoms with Gasteiger partial charge >= 0.3 is 12.1 Å². The molecule has 78 heavy (non-hydrogen) atoms. The van der Waals surface area contributed by atoms with Crippen molar-refractivity contribution >= 4 is 57.6 Å². The highest BCUT2D eigenvalue weighted by Crippen LogP contribution is 2.50. The molecule has 2 aromatic heterocycles. The van der Waals surface area contributed by atoms with Gasteiger partial charge in [-0.1, -0.05) is 69.7 Å². The Morgan fingerprint density at radius 2 is 0.795 bits per heavy atom. The molecule has 6 saturated heterocycles. The lowest BCUT2D eigenvalue weighted by Gasteiger charge is -2.55. The van der Waals surface area contributed by atoms with E-state index in [1.54, 1.807) is 27.7 Å². The van der Waals surface area contributed by atoms with Gasteiger partial charge < -0.3 is 19.8 Å². The first kappa shape index (κ1) is 51.9. The van der Waals surface area contributed by atoms with Crippen LogP contribution in [0.2, 0.25) is 0 Å². The molecule has 2 aromatic carbocycles. The number of anilines is 2. The first-order valence-corrected chi connectivity index (χ1v) is 30.4. The summed E-state index contributed by atoms with van der Waals surface area (Å²) in [4.78, 5) is 97.2. The van der Waals surface area contributed by atoms with Gasteiger partial charge in [-0.05, 0) is 184 Å². The summed E-state index contributed by atoms with van der Waals surface area (Å²) in [5.41, 5.74) is 0.0396. The molecule has 5 unspecified atom stereocenters. The molecule has 13 atom stereocenters. The Kier molecular flexibility index (Phi) is 13.3. The molecule has 0 spiro atoms. The summed E-state index contributed by atoms with van der Waals surface area (Å²) in [5.74, 6) is 3.35. The molecule has 14 rings (SSSR count). The van der Waals surface area contributed by atoms with E-state index in [9.17, 15) is 28.8 Å². The van der Waals surface area contributed by atoms with Crippen LogP contribution in [0.1, 0.15) is 188 Å². The fraction of sp³-hybridized carbons (Fsp3) is 0.677. The summed E-state index contributed by atoms with van der Waals surface area (Å²) in [6, 6.07) is 17.4. The zero-order valence-corrected chi connectivity index (χ0v) is 46.7. The average molecular weight is 1060 g/mol. The van der Waals surface area contributed by atoms with Crippen molar-refractivity contribution in [1.82, 2.24) is 39.5 Å². The average Bonchev–Trinajstić information content (AvgIpc) is 3.85. The maximum atomic E-state index is 14.2. The lowest BCUT2D eigenvalue weighted by Crippen LogP contribution is -2.59. The molecule has 6 aliphatic heterocycles. The summed E-state index contributed by atoms with van der Waals surface area (Å²) in [5, 5.41) is 5.41. The van der Waals surface area contributed by atoms with Gasteiger partial charge in [-0.2, -0.15) is 0 Å². The van der Waals surface area contributed by atoms with Gasteiger partial charge in [0.05, 0.1) is 22.1 Å². The number of benzene rings is 2. The van der Waals surface area contributed by atoms with Gasteiger partial charge in [0.1, 0.15) is 11.1 Å². The first-order valence-electron chi connectivity index (χ1n) is 30.4. The Labute approximate surface area is 458 Å². The molecule has 4 saturated carbocycles. The Morgan fingerprint density at radius 3 is 1.18 bits per heavy atom. The normalized spacial score (nSPS) is 35.5. The Morgan fingerprint density at radius 1 is 0.423 bits per heavy atom. The van der Waals surface area contributed by atoms with Crippen LogP contribution in [-0.2, 0) is 9.59 Å². The van der Waals surface area contributed by atoms with Crippen molar-refractivity contribution in [3.63, 3.8) is 0 Å². The second kappa shape index (κ2) is 20.0. The molecule has 4 aliphatic carbocycles. The maximum absolute atomic E-state index is 14.2. The fourth-order valence-electron chi connectivity index (χ4n) is 18.1. The van der Waals surface area contributed by atoms with E-state index >= 15 is 0 Å². The highest BCUT2D eigenvalue weighted by Gasteiger charge is 2.51. The summed E-state index contributed by atoms with van der Waals surface area (Å²) in [6.45, 7) is 9.06. The van der Waals surface area contributed by atoms with Crippen LogP contribution in [0, 0.1) is 29.6 Å². The number of fused-ring (bicyclic) bond motifs is 10. The maximum Gasteiger partial charge on any atom is 0.331 e. The summed E-state index contributed by atoms with van der Waals surface area (Å²) < 4.78 is 3.76. The molecule has 2 N–H and O–H groups in total. The van der Waals surface area contributed by atoms with Crippen molar-refractivity contribution in [2.24, 2.45) is 29.6 Å². The molecule has 16 heteroatoms. The molecular formula is C62H82N10O6. The highest BCUT2D eigenvalue weighted by atomic mass is 16.2. The van der Waals surface area contributed by atoms with Crippen molar-refractivity contribution < 1.29 is 19.2 Å². The van der Waals surface area contributed by atoms with Gasteiger partial charge in [0, 0.05) is 48.3 Å². The van der Waals surface area contributed by atoms with E-state index < -0.39 is 35.0 Å². The number of hydrogen-bond acceptors (Lipinski definition) is 10. The minimum absolute atomic E-state index is 0.0209. The number of carbonyl (C=O) groups is 4. The summed E-state index contributed by atoms with van der Waals surface area (Å²) in [6.07, 6.45) is 27.6. The minimum atomic E-state index is -1.07. The van der Waals surface area contributed by atoms with Crippen molar-refractivity contribution in [3.05, 3.63) is 69.2 Å². The van der Waals surface area contributed by atoms with Gasteiger partial charge in [0.25, 0.3) is 22.9 Å². The topological polar surface area (TPSA) is 175 Å². The van der Waals surface area contributed by atoms with Crippen molar-refractivity contribution in [2.45, 2.75) is 235 Å². The number of amides is 6. The van der Waals surface area contributed by atoms with Crippen LogP contribution in [0.15, 0.2) is 58.1 Å². The van der Waals surface area contributed by atoms with Gasteiger partial charge in [0.15, 0.2) is 0 Å². The lowest BCUT2D eigenvalue weighted by molar-refractivity contribution is -0.121. The first-order chi connectivity index (χ1) is 37.5. The molecule has 16 nitrogen and oxygen atoms in total. The number of aromatic nitrogens is 4. The summed E-state index contributed by atoms with van der Waals surface area (Å²) >= 11 is 0. The van der Waals surface area contributed by atoms with Crippen LogP contribution in [0.5, 0.6) is 0 Å². The van der Waals surface area contributed by atoms with Crippen molar-refractivity contribution in [3.8, 4) is 0 Å². The molecule has 6 amide bonds. The van der Waals surface area contributed by atoms with E-state index in [-0.39, 0.29) is 34.8 Å². The van der Waals surface area contributed by atoms with E-state index in [0.29, 0.717) is 47.3 Å². The largest absolute Gasteiger partial charge is 0.331 e. The van der Waals surface area contributed by atoms with Crippen molar-refractivity contribution in [1.29, 1.82) is 0 Å². The number of piperidine rings is 4. The summed E-state index contributed by atoms with van der Waals surface area (Å²) in [7, 11) is 0. The second-order valence-electron chi connectivity index (χ2n) is 27.3. The van der Waals surface area contributed by atoms with Gasteiger partial charge in [-0.25, -0.2) is 29.4 Å². The van der Waals surface area contributed by atoms with Crippen LogP contribution in [0.3, 0.4) is 0 Å². The van der Waals surface area contributed by atoms with Crippen molar-refractivity contribution in [2.75, 3.05) is 9.80 Å². The van der Waals surface area contributed by atoms with Gasteiger partial charge in [0.2, 0.25) is 11.6 Å². The number of imide groups is 2. The van der Waals surface area contributed by atoms with Crippen LogP contribution in [0.4, 0.5) is 21.2 Å². The van der Waals surface area contributed by atoms with Crippen LogP contribution >= 0.6 is 0 Å². The lowest BCUT2D eigenvalue weighted by atomic mass is 9.65. The second-order valence-corrected chi connectivity index (χ2v) is 27.3. The van der Waals surface area contributed by atoms with E-state index in [1.807, 2.05) is 57.7 Å². The number of nitrogens with one attached hydrogen (secondary N) is 2. The van der Waals surface area contributed by atoms with Crippen LogP contribution < -0.4 is 31.6 Å². The van der Waals surface area contributed by atoms with Crippen LogP contribution in [-0.4, -0.2) is 100 Å². The third-order valence-electron chi connectivity index (χ3n) is 21.0. The standard InChI is InChI=1S/2C31H41N5O3/c1-18-11-19-13-20(12-18)15-23(14-19)34-21-7-6-8-22(34)17-24(16-21)35-26-10-5-4-9-25(26)32-27(28(35)37)36-29(38)31(2,3)33-30(36)39;1-31(2)29(38)36(30(39)33-31)27-28(37)35(26-13-6-5-12-25(26)32-27)24-17-21-10-7-11-22(18-24)34(21)23-15-19-8-3-4-9-20(14-19)16-23/h4-5,9-10,18-24H,6-8,11-17H2,1-3H3,(H,33,39);5-6,12-13,19-24H,3-4,7-11,14-18H2,1-2H3,(H,33,39)/t18?,19-,20+,21-,22+,23?,24?;19-,20+,21-,22+,23?,24?. The highest BCUT2D eigenvalue weighted by molar-refractivity contribution is 6.23. The number of carbonyl (C=O) groups excluding carboxylic acids is 4. The quantitative estimate of drug-likeness (QED) is 0.177. The van der Waals surface area contributed by atoms with Crippen LogP contribution in [0.25, 0.3) is 22.1 Å². The molecule has 10 fully saturated rings. The molecule has 416 valence electrons. The molecular weight excluding hydrogens is 981 g/mol. The zero-order valence-electron chi connectivity index (χ0n) is 46.7.